The molecule has 4 nitrogen and oxygen atoms in total. The van der Waals surface area contributed by atoms with E-state index >= 15 is 0 Å². The van der Waals surface area contributed by atoms with Crippen LogP contribution in [0.5, 0.6) is 0 Å². The first kappa shape index (κ1) is 16.6. The van der Waals surface area contributed by atoms with Crippen LogP contribution in [0.15, 0.2) is 72.9 Å². The summed E-state index contributed by atoms with van der Waals surface area (Å²) in [5.74, 6) is -1.69. The zero-order chi connectivity index (χ0) is 17.6. The van der Waals surface area contributed by atoms with E-state index in [1.807, 2.05) is 30.3 Å². The molecule has 0 spiro atoms. The molecule has 1 heterocycles. The number of anilines is 1. The highest BCUT2D eigenvalue weighted by Gasteiger charge is 2.19. The van der Waals surface area contributed by atoms with Crippen LogP contribution in [0.1, 0.15) is 17.3 Å². The number of halogens is 2. The molecule has 0 saturated heterocycles. The number of nitrogens with zero attached hydrogens (tertiary/aromatic N) is 1. The van der Waals surface area contributed by atoms with E-state index in [0.29, 0.717) is 5.69 Å². The molecule has 2 N–H and O–H groups in total. The molecule has 0 radical (unpaired) electrons. The van der Waals surface area contributed by atoms with E-state index in [-0.39, 0.29) is 0 Å². The molecule has 1 atom stereocenters. The van der Waals surface area contributed by atoms with Crippen molar-refractivity contribution in [3.05, 3.63) is 95.8 Å². The van der Waals surface area contributed by atoms with E-state index in [2.05, 4.69) is 15.6 Å². The molecule has 0 aliphatic heterocycles. The van der Waals surface area contributed by atoms with Crippen molar-refractivity contribution in [1.82, 2.24) is 10.3 Å². The van der Waals surface area contributed by atoms with Gasteiger partial charge in [0, 0.05) is 6.20 Å². The lowest BCUT2D eigenvalue weighted by Crippen LogP contribution is -2.34. The van der Waals surface area contributed by atoms with E-state index in [4.69, 9.17) is 0 Å². The maximum Gasteiger partial charge on any atom is 0.320 e. The summed E-state index contributed by atoms with van der Waals surface area (Å²) >= 11 is 0. The SMILES string of the molecule is O=C(Nc1c(F)cccc1F)NC(c1ccccc1)c1ccccn1. The molecule has 126 valence electrons. The van der Waals surface area contributed by atoms with E-state index in [1.165, 1.54) is 6.07 Å². The number of urea groups is 1. The summed E-state index contributed by atoms with van der Waals surface area (Å²) in [4.78, 5) is 16.6. The number of para-hydroxylation sites is 1. The second-order valence-corrected chi connectivity index (χ2v) is 5.29. The first-order valence-corrected chi connectivity index (χ1v) is 7.62. The van der Waals surface area contributed by atoms with Gasteiger partial charge in [-0.25, -0.2) is 13.6 Å². The maximum atomic E-state index is 13.7. The van der Waals surface area contributed by atoms with Gasteiger partial charge in [-0.15, -0.1) is 0 Å². The van der Waals surface area contributed by atoms with Crippen LogP contribution in [0, 0.1) is 11.6 Å². The Morgan fingerprint density at radius 1 is 0.880 bits per heavy atom. The number of hydrogen-bond acceptors (Lipinski definition) is 2. The van der Waals surface area contributed by atoms with E-state index in [1.54, 1.807) is 24.4 Å². The molecule has 1 aromatic heterocycles. The Balaban J connectivity index is 1.84. The molecule has 0 aliphatic carbocycles. The minimum absolute atomic E-state index is 0.493. The Morgan fingerprint density at radius 3 is 2.20 bits per heavy atom. The average molecular weight is 339 g/mol. The van der Waals surface area contributed by atoms with Crippen molar-refractivity contribution in [1.29, 1.82) is 0 Å². The molecule has 2 amide bonds. The van der Waals surface area contributed by atoms with E-state index in [0.717, 1.165) is 17.7 Å². The summed E-state index contributed by atoms with van der Waals surface area (Å²) < 4.78 is 27.4. The van der Waals surface area contributed by atoms with Gasteiger partial charge in [0.1, 0.15) is 17.3 Å². The molecule has 1 unspecified atom stereocenters. The van der Waals surface area contributed by atoms with Crippen LogP contribution in [0.2, 0.25) is 0 Å². The molecule has 6 heteroatoms. The Kier molecular flexibility index (Phi) is 4.99. The van der Waals surface area contributed by atoms with Crippen molar-refractivity contribution in [2.45, 2.75) is 6.04 Å². The standard InChI is InChI=1S/C19H15F2N3O/c20-14-9-6-10-15(21)18(14)24-19(25)23-17(13-7-2-1-3-8-13)16-11-4-5-12-22-16/h1-12,17H,(H2,23,24,25). The molecule has 0 saturated carbocycles. The van der Waals surface area contributed by atoms with Gasteiger partial charge in [0.25, 0.3) is 0 Å². The van der Waals surface area contributed by atoms with Gasteiger partial charge in [0.2, 0.25) is 0 Å². The lowest BCUT2D eigenvalue weighted by Gasteiger charge is -2.19. The quantitative estimate of drug-likeness (QED) is 0.746. The first-order valence-electron chi connectivity index (χ1n) is 7.62. The van der Waals surface area contributed by atoms with Gasteiger partial charge in [-0.2, -0.15) is 0 Å². The molecule has 0 bridgehead atoms. The molecule has 2 aromatic carbocycles. The van der Waals surface area contributed by atoms with Crippen molar-refractivity contribution in [3.8, 4) is 0 Å². The van der Waals surface area contributed by atoms with Crippen LogP contribution in [-0.2, 0) is 0 Å². The van der Waals surface area contributed by atoms with Crippen molar-refractivity contribution in [2.24, 2.45) is 0 Å². The Hall–Kier alpha value is -3.28. The highest BCUT2D eigenvalue weighted by molar-refractivity contribution is 5.90. The number of amides is 2. The Labute approximate surface area is 143 Å². The lowest BCUT2D eigenvalue weighted by molar-refractivity contribution is 0.249. The van der Waals surface area contributed by atoms with Crippen molar-refractivity contribution >= 4 is 11.7 Å². The molecular formula is C19H15F2N3O. The third-order valence-electron chi connectivity index (χ3n) is 3.59. The maximum absolute atomic E-state index is 13.7. The van der Waals surface area contributed by atoms with Crippen molar-refractivity contribution < 1.29 is 13.6 Å². The number of benzene rings is 2. The summed E-state index contributed by atoms with van der Waals surface area (Å²) in [5.41, 5.74) is 0.913. The normalized spacial score (nSPS) is 11.6. The van der Waals surface area contributed by atoms with Crippen molar-refractivity contribution in [3.63, 3.8) is 0 Å². The second kappa shape index (κ2) is 7.53. The van der Waals surface area contributed by atoms with Gasteiger partial charge in [0.05, 0.1) is 11.7 Å². The monoisotopic (exact) mass is 339 g/mol. The third kappa shape index (κ3) is 3.98. The fourth-order valence-electron chi connectivity index (χ4n) is 2.42. The zero-order valence-electron chi connectivity index (χ0n) is 13.1. The fourth-order valence-corrected chi connectivity index (χ4v) is 2.42. The molecular weight excluding hydrogens is 324 g/mol. The zero-order valence-corrected chi connectivity index (χ0v) is 13.1. The molecule has 0 aliphatic rings. The topological polar surface area (TPSA) is 54.0 Å². The number of rotatable bonds is 4. The summed E-state index contributed by atoms with van der Waals surface area (Å²) in [5, 5.41) is 4.93. The molecule has 0 fully saturated rings. The summed E-state index contributed by atoms with van der Waals surface area (Å²) in [6.07, 6.45) is 1.61. The predicted octanol–water partition coefficient (Wildman–Crippen LogP) is 4.27. The van der Waals surface area contributed by atoms with Crippen LogP contribution >= 0.6 is 0 Å². The molecule has 3 aromatic rings. The predicted molar refractivity (Wildman–Crippen MR) is 91.0 cm³/mol. The summed E-state index contributed by atoms with van der Waals surface area (Å²) in [6.45, 7) is 0. The summed E-state index contributed by atoms with van der Waals surface area (Å²) in [6, 6.07) is 16.6. The number of carbonyl (C=O) groups excluding carboxylic acids is 1. The molecule has 3 rings (SSSR count). The Bertz CT molecular complexity index is 797. The number of hydrogen-bond donors (Lipinski definition) is 2. The fraction of sp³-hybridized carbons (Fsp3) is 0.0526. The van der Waals surface area contributed by atoms with Gasteiger partial charge < -0.3 is 10.6 Å². The summed E-state index contributed by atoms with van der Waals surface area (Å²) in [7, 11) is 0. The van der Waals surface area contributed by atoms with Crippen LogP contribution in [0.3, 0.4) is 0 Å². The number of nitrogens with one attached hydrogen (secondary N) is 2. The van der Waals surface area contributed by atoms with Gasteiger partial charge >= 0.3 is 6.03 Å². The second-order valence-electron chi connectivity index (χ2n) is 5.29. The van der Waals surface area contributed by atoms with Crippen LogP contribution in [0.25, 0.3) is 0 Å². The largest absolute Gasteiger partial charge is 0.325 e. The number of aromatic nitrogens is 1. The van der Waals surface area contributed by atoms with Gasteiger partial charge in [-0.3, -0.25) is 4.98 Å². The van der Waals surface area contributed by atoms with Crippen LogP contribution in [0.4, 0.5) is 19.3 Å². The minimum atomic E-state index is -0.843. The van der Waals surface area contributed by atoms with E-state index < -0.39 is 29.4 Å². The van der Waals surface area contributed by atoms with Gasteiger partial charge in [-0.1, -0.05) is 42.5 Å². The van der Waals surface area contributed by atoms with Crippen molar-refractivity contribution in [2.75, 3.05) is 5.32 Å². The smallest absolute Gasteiger partial charge is 0.320 e. The lowest BCUT2D eigenvalue weighted by atomic mass is 10.0. The number of carbonyl (C=O) groups is 1. The average Bonchev–Trinajstić information content (AvgIpc) is 2.64. The third-order valence-corrected chi connectivity index (χ3v) is 3.59. The van der Waals surface area contributed by atoms with E-state index in [9.17, 15) is 13.6 Å². The highest BCUT2D eigenvalue weighted by Crippen LogP contribution is 2.21. The van der Waals surface area contributed by atoms with Gasteiger partial charge in [-0.05, 0) is 29.8 Å². The van der Waals surface area contributed by atoms with Crippen LogP contribution in [-0.4, -0.2) is 11.0 Å². The first-order chi connectivity index (χ1) is 12.1. The van der Waals surface area contributed by atoms with Crippen LogP contribution < -0.4 is 10.6 Å². The Morgan fingerprint density at radius 2 is 1.56 bits per heavy atom. The minimum Gasteiger partial charge on any atom is -0.325 e. The number of pyridine rings is 1. The van der Waals surface area contributed by atoms with Gasteiger partial charge in [0.15, 0.2) is 0 Å². The molecule has 25 heavy (non-hydrogen) atoms. The highest BCUT2D eigenvalue weighted by atomic mass is 19.1.